The van der Waals surface area contributed by atoms with E-state index in [0.717, 1.165) is 11.8 Å². The molecule has 16 nitrogen and oxygen atoms in total. The second-order valence-electron chi connectivity index (χ2n) is 6.96. The molecular formula is C20H26N4O12. The van der Waals surface area contributed by atoms with Crippen molar-refractivity contribution < 1.29 is 48.5 Å². The molecule has 198 valence electrons. The molecule has 3 amide bonds. The number of rotatable bonds is 17. The summed E-state index contributed by atoms with van der Waals surface area (Å²) in [5.74, 6) is -1.86. The Morgan fingerprint density at radius 2 is 1.44 bits per heavy atom. The summed E-state index contributed by atoms with van der Waals surface area (Å²) in [5.41, 5.74) is -0.0729. The van der Waals surface area contributed by atoms with Crippen molar-refractivity contribution >= 4 is 24.0 Å². The minimum Gasteiger partial charge on any atom is -0.378 e. The fraction of sp³-hybridized carbons (Fsp3) is 0.500. The number of hydrogen-bond donors (Lipinski definition) is 0. The highest BCUT2D eigenvalue weighted by molar-refractivity contribution is 6.07. The number of carbonyl (C=O) groups excluding carboxylic acids is 4. The predicted molar refractivity (Wildman–Crippen MR) is 118 cm³/mol. The maximum Gasteiger partial charge on any atom is 0.294 e. The Labute approximate surface area is 204 Å². The molecule has 0 N–H and O–H groups in total. The van der Waals surface area contributed by atoms with Gasteiger partial charge in [-0.05, 0) is 18.2 Å². The first-order valence-electron chi connectivity index (χ1n) is 10.5. The normalized spacial score (nSPS) is 10.3. The van der Waals surface area contributed by atoms with E-state index in [0.29, 0.717) is 6.29 Å². The highest BCUT2D eigenvalue weighted by atomic mass is 17.0. The predicted octanol–water partition coefficient (Wildman–Crippen LogP) is 0.00960. The van der Waals surface area contributed by atoms with E-state index in [2.05, 4.69) is 9.68 Å². The molecule has 0 aliphatic carbocycles. The zero-order valence-corrected chi connectivity index (χ0v) is 19.7. The third kappa shape index (κ3) is 10.4. The standard InChI is InChI=1S/C20H26N4O12/c1-15(26)22(6-8-34-10-12-36-24(31)32)19(27)16-3-4-18(17(13-16)14-25)20(28)21(2)5-7-33-9-11-35-23(29)30/h3-4,13-14H,5-12H2,1-2H3. The van der Waals surface area contributed by atoms with Crippen LogP contribution in [-0.2, 0) is 23.9 Å². The van der Waals surface area contributed by atoms with Crippen molar-refractivity contribution in [3.63, 3.8) is 0 Å². The molecule has 1 aromatic rings. The number of ether oxygens (including phenoxy) is 2. The lowest BCUT2D eigenvalue weighted by Crippen LogP contribution is -2.38. The van der Waals surface area contributed by atoms with E-state index >= 15 is 0 Å². The number of nitrogens with zero attached hydrogens (tertiary/aromatic N) is 4. The van der Waals surface area contributed by atoms with E-state index in [-0.39, 0.29) is 69.4 Å². The minimum atomic E-state index is -0.975. The lowest BCUT2D eigenvalue weighted by molar-refractivity contribution is -0.758. The molecule has 0 unspecified atom stereocenters. The van der Waals surface area contributed by atoms with Gasteiger partial charge >= 0.3 is 0 Å². The van der Waals surface area contributed by atoms with Gasteiger partial charge in [0.1, 0.15) is 13.2 Å². The molecule has 0 bridgehead atoms. The average Bonchev–Trinajstić information content (AvgIpc) is 2.83. The van der Waals surface area contributed by atoms with Crippen LogP contribution in [0, 0.1) is 20.2 Å². The Bertz CT molecular complexity index is 955. The molecule has 1 aromatic carbocycles. The van der Waals surface area contributed by atoms with Gasteiger partial charge in [0.2, 0.25) is 5.91 Å². The van der Waals surface area contributed by atoms with E-state index in [1.807, 2.05) is 0 Å². The van der Waals surface area contributed by atoms with Gasteiger partial charge in [0.05, 0.1) is 38.5 Å². The van der Waals surface area contributed by atoms with Crippen molar-refractivity contribution in [2.45, 2.75) is 6.92 Å². The van der Waals surface area contributed by atoms with Crippen LogP contribution in [0.15, 0.2) is 18.2 Å². The first-order valence-corrected chi connectivity index (χ1v) is 10.5. The van der Waals surface area contributed by atoms with Crippen LogP contribution in [0.25, 0.3) is 0 Å². The van der Waals surface area contributed by atoms with Crippen LogP contribution < -0.4 is 0 Å². The third-order valence-corrected chi connectivity index (χ3v) is 4.51. The Morgan fingerprint density at radius 3 is 1.94 bits per heavy atom. The van der Waals surface area contributed by atoms with Crippen molar-refractivity contribution in [2.75, 3.05) is 59.8 Å². The molecule has 0 spiro atoms. The zero-order valence-electron chi connectivity index (χ0n) is 19.7. The van der Waals surface area contributed by atoms with Crippen LogP contribution in [-0.4, -0.2) is 104 Å². The highest BCUT2D eigenvalue weighted by Crippen LogP contribution is 2.15. The quantitative estimate of drug-likeness (QED) is 0.117. The van der Waals surface area contributed by atoms with Crippen LogP contribution in [0.4, 0.5) is 0 Å². The van der Waals surface area contributed by atoms with Gasteiger partial charge in [0.25, 0.3) is 22.0 Å². The first kappa shape index (κ1) is 29.9. The van der Waals surface area contributed by atoms with Crippen molar-refractivity contribution in [1.29, 1.82) is 0 Å². The van der Waals surface area contributed by atoms with Crippen molar-refractivity contribution in [3.8, 4) is 0 Å². The van der Waals surface area contributed by atoms with E-state index in [1.54, 1.807) is 0 Å². The van der Waals surface area contributed by atoms with Gasteiger partial charge in [0, 0.05) is 31.6 Å². The van der Waals surface area contributed by atoms with E-state index in [9.17, 15) is 39.4 Å². The molecule has 16 heteroatoms. The number of hydrogen-bond acceptors (Lipinski definition) is 12. The minimum absolute atomic E-state index is 0.0164. The number of likely N-dealkylation sites (N-methyl/N-ethyl adjacent to an activating group) is 1. The number of amides is 3. The topological polar surface area (TPSA) is 198 Å². The summed E-state index contributed by atoms with van der Waals surface area (Å²) in [6.07, 6.45) is 0.403. The molecule has 0 saturated heterocycles. The van der Waals surface area contributed by atoms with Gasteiger partial charge in [-0.25, -0.2) is 0 Å². The van der Waals surface area contributed by atoms with Gasteiger partial charge in [-0.2, -0.15) is 0 Å². The van der Waals surface area contributed by atoms with Crippen LogP contribution in [0.2, 0.25) is 0 Å². The Balaban J connectivity index is 2.74. The van der Waals surface area contributed by atoms with Crippen LogP contribution in [0.3, 0.4) is 0 Å². The molecule has 0 aliphatic heterocycles. The largest absolute Gasteiger partial charge is 0.378 e. The number of benzene rings is 1. The zero-order chi connectivity index (χ0) is 27.1. The van der Waals surface area contributed by atoms with E-state index in [1.165, 1.54) is 30.1 Å². The molecule has 0 radical (unpaired) electrons. The Hall–Kier alpha value is -4.18. The smallest absolute Gasteiger partial charge is 0.294 e. The second-order valence-corrected chi connectivity index (χ2v) is 6.96. The summed E-state index contributed by atoms with van der Waals surface area (Å²) in [6, 6.07) is 3.76. The Kier molecular flexibility index (Phi) is 13.0. The fourth-order valence-electron chi connectivity index (χ4n) is 2.76. The molecule has 0 atom stereocenters. The maximum absolute atomic E-state index is 12.8. The summed E-state index contributed by atoms with van der Waals surface area (Å²) in [5, 5.41) is 18.2. The van der Waals surface area contributed by atoms with Gasteiger partial charge < -0.3 is 24.0 Å². The number of aldehydes is 1. The molecule has 36 heavy (non-hydrogen) atoms. The first-order chi connectivity index (χ1) is 17.1. The summed E-state index contributed by atoms with van der Waals surface area (Å²) >= 11 is 0. The van der Waals surface area contributed by atoms with Crippen LogP contribution in [0.1, 0.15) is 38.0 Å². The monoisotopic (exact) mass is 514 g/mol. The molecular weight excluding hydrogens is 488 g/mol. The van der Waals surface area contributed by atoms with Gasteiger partial charge in [0.15, 0.2) is 6.29 Å². The maximum atomic E-state index is 12.8. The van der Waals surface area contributed by atoms with E-state index in [4.69, 9.17) is 9.47 Å². The molecule has 0 aliphatic rings. The van der Waals surface area contributed by atoms with Crippen LogP contribution >= 0.6 is 0 Å². The van der Waals surface area contributed by atoms with Crippen molar-refractivity contribution in [3.05, 3.63) is 55.1 Å². The number of carbonyl (C=O) groups is 4. The fourth-order valence-corrected chi connectivity index (χ4v) is 2.76. The average molecular weight is 514 g/mol. The highest BCUT2D eigenvalue weighted by Gasteiger charge is 2.22. The summed E-state index contributed by atoms with van der Waals surface area (Å²) in [6.45, 7) is 0.332. The number of imide groups is 1. The van der Waals surface area contributed by atoms with Gasteiger partial charge in [-0.15, -0.1) is 20.2 Å². The molecule has 0 fully saturated rings. The molecule has 0 saturated carbocycles. The lowest BCUT2D eigenvalue weighted by Gasteiger charge is -2.21. The van der Waals surface area contributed by atoms with E-state index < -0.39 is 27.9 Å². The SMILES string of the molecule is CC(=O)N(CCOCCO[N+](=O)[O-])C(=O)c1ccc(C(=O)N(C)CCOCCO[N+](=O)[O-])c(C=O)c1. The summed E-state index contributed by atoms with van der Waals surface area (Å²) in [7, 11) is 1.46. The third-order valence-electron chi connectivity index (χ3n) is 4.51. The molecule has 1 rings (SSSR count). The summed E-state index contributed by atoms with van der Waals surface area (Å²) < 4.78 is 10.2. The molecule has 0 aromatic heterocycles. The van der Waals surface area contributed by atoms with Gasteiger partial charge in [-0.1, -0.05) is 0 Å². The summed E-state index contributed by atoms with van der Waals surface area (Å²) in [4.78, 5) is 79.5. The second kappa shape index (κ2) is 15.7. The Morgan fingerprint density at radius 1 is 0.889 bits per heavy atom. The lowest BCUT2D eigenvalue weighted by atomic mass is 10.0. The van der Waals surface area contributed by atoms with Crippen molar-refractivity contribution in [2.24, 2.45) is 0 Å². The van der Waals surface area contributed by atoms with Crippen molar-refractivity contribution in [1.82, 2.24) is 9.80 Å². The molecule has 0 heterocycles. The van der Waals surface area contributed by atoms with Crippen LogP contribution in [0.5, 0.6) is 0 Å². The van der Waals surface area contributed by atoms with Gasteiger partial charge in [-0.3, -0.25) is 24.1 Å².